The maximum Gasteiger partial charge on any atom is 0.335 e. The maximum atomic E-state index is 13.4. The molecular formula is C57H90O25. The molecule has 4 saturated carbocycles. The molecule has 0 unspecified atom stereocenters. The molecule has 82 heavy (non-hydrogen) atoms. The Morgan fingerprint density at radius 1 is 0.646 bits per heavy atom. The number of hydrogen-bond acceptors (Lipinski definition) is 24. The molecule has 5 aliphatic carbocycles. The van der Waals surface area contributed by atoms with Crippen LogP contribution in [0.3, 0.4) is 0 Å². The number of allylic oxidation sites excluding steroid dienone is 2. The first kappa shape index (κ1) is 64.1. The predicted octanol–water partition coefficient (Wildman–Crippen LogP) is -1.76. The van der Waals surface area contributed by atoms with Gasteiger partial charge < -0.3 is 114 Å². The summed E-state index contributed by atoms with van der Waals surface area (Å²) in [4.78, 5) is 26.6. The monoisotopic (exact) mass is 1170 g/mol. The highest BCUT2D eigenvalue weighted by Gasteiger charge is 2.75. The van der Waals surface area contributed by atoms with Crippen LogP contribution >= 0.6 is 0 Å². The number of aliphatic hydroxyl groups excluding tert-OH is 13. The average molecular weight is 1180 g/mol. The number of fused-ring (bicyclic) bond motifs is 7. The first-order chi connectivity index (χ1) is 38.3. The van der Waals surface area contributed by atoms with Crippen molar-refractivity contribution in [3.05, 3.63) is 23.3 Å². The third-order valence-corrected chi connectivity index (χ3v) is 21.9. The van der Waals surface area contributed by atoms with Gasteiger partial charge in [0.2, 0.25) is 0 Å². The lowest BCUT2D eigenvalue weighted by Crippen LogP contribution is -2.74. The summed E-state index contributed by atoms with van der Waals surface area (Å²) in [7, 11) is 0. The fraction of sp³-hybridized carbons (Fsp3) is 0.895. The number of carbonyl (C=O) groups is 2. The van der Waals surface area contributed by atoms with Crippen LogP contribution in [0.1, 0.15) is 107 Å². The van der Waals surface area contributed by atoms with Crippen molar-refractivity contribution in [3.8, 4) is 0 Å². The van der Waals surface area contributed by atoms with Crippen molar-refractivity contribution >= 4 is 11.9 Å². The summed E-state index contributed by atoms with van der Waals surface area (Å²) in [5.74, 6) is -2.97. The zero-order chi connectivity index (χ0) is 60.3. The Kier molecular flexibility index (Phi) is 18.2. The highest BCUT2D eigenvalue weighted by Crippen LogP contribution is 2.76. The van der Waals surface area contributed by atoms with Crippen molar-refractivity contribution in [2.24, 2.45) is 50.2 Å². The molecule has 0 spiro atoms. The van der Waals surface area contributed by atoms with Crippen LogP contribution in [0.4, 0.5) is 0 Å². The minimum atomic E-state index is -2.21. The predicted molar refractivity (Wildman–Crippen MR) is 279 cm³/mol. The second-order valence-corrected chi connectivity index (χ2v) is 27.1. The Balaban J connectivity index is 1.04. The topological polar surface area (TPSA) is 400 Å². The van der Waals surface area contributed by atoms with Crippen molar-refractivity contribution in [2.45, 2.75) is 242 Å². The summed E-state index contributed by atoms with van der Waals surface area (Å²) in [6.45, 7) is 15.5. The maximum absolute atomic E-state index is 13.4. The number of aliphatic carboxylic acids is 1. The molecule has 0 radical (unpaired) electrons. The quantitative estimate of drug-likeness (QED) is 0.0420. The molecule has 9 rings (SSSR count). The Morgan fingerprint density at radius 3 is 1.90 bits per heavy atom. The molecule has 0 bridgehead atoms. The molecule has 25 nitrogen and oxygen atoms in total. The van der Waals surface area contributed by atoms with Gasteiger partial charge in [-0.05, 0) is 98.2 Å². The summed E-state index contributed by atoms with van der Waals surface area (Å²) in [5, 5.41) is 156. The zero-order valence-electron chi connectivity index (χ0n) is 48.1. The third-order valence-electron chi connectivity index (χ3n) is 21.9. The van der Waals surface area contributed by atoms with Gasteiger partial charge in [0.25, 0.3) is 0 Å². The van der Waals surface area contributed by atoms with Crippen molar-refractivity contribution in [1.82, 2.24) is 0 Å². The molecule has 9 aliphatic rings. The van der Waals surface area contributed by atoms with Crippen LogP contribution in [0, 0.1) is 50.2 Å². The lowest BCUT2D eigenvalue weighted by Gasteiger charge is -2.73. The summed E-state index contributed by atoms with van der Waals surface area (Å²) < 4.78 is 54.7. The van der Waals surface area contributed by atoms with E-state index >= 15 is 0 Å². The van der Waals surface area contributed by atoms with E-state index in [0.717, 1.165) is 5.57 Å². The van der Waals surface area contributed by atoms with Gasteiger partial charge in [0.15, 0.2) is 31.3 Å². The largest absolute Gasteiger partial charge is 0.479 e. The molecular weight excluding hydrogens is 1080 g/mol. The van der Waals surface area contributed by atoms with E-state index in [4.69, 9.17) is 42.6 Å². The Morgan fingerprint density at radius 2 is 1.27 bits per heavy atom. The van der Waals surface area contributed by atoms with E-state index in [2.05, 4.69) is 33.8 Å². The number of rotatable bonds is 13. The number of esters is 1. The van der Waals surface area contributed by atoms with Crippen molar-refractivity contribution in [1.29, 1.82) is 0 Å². The van der Waals surface area contributed by atoms with E-state index in [0.29, 0.717) is 50.5 Å². The van der Waals surface area contributed by atoms with E-state index in [-0.39, 0.29) is 17.3 Å². The lowest BCUT2D eigenvalue weighted by atomic mass is 9.32. The second-order valence-electron chi connectivity index (χ2n) is 27.1. The van der Waals surface area contributed by atoms with Gasteiger partial charge in [0, 0.05) is 11.0 Å². The molecule has 4 aliphatic heterocycles. The van der Waals surface area contributed by atoms with Gasteiger partial charge in [0.1, 0.15) is 85.5 Å². The summed E-state index contributed by atoms with van der Waals surface area (Å²) in [5.41, 5.74) is -3.44. The molecule has 0 aromatic heterocycles. The molecule has 0 aromatic carbocycles. The Bertz CT molecular complexity index is 2370. The molecule has 29 atom stereocenters. The van der Waals surface area contributed by atoms with Gasteiger partial charge in [-0.25, -0.2) is 9.59 Å². The minimum absolute atomic E-state index is 0.107. The van der Waals surface area contributed by atoms with Crippen molar-refractivity contribution in [2.75, 3.05) is 26.4 Å². The van der Waals surface area contributed by atoms with Crippen LogP contribution < -0.4 is 0 Å². The fourth-order valence-electron chi connectivity index (χ4n) is 16.8. The SMILES string of the molecule is C/C=C(/C)C(=O)O[C@H]1CC(C)(C)C[C@H]2C3=CC[C@@H]4[C@@]5(C)CC[C@H](O[C@@H]6O[C@H](C(=O)O)[C@@H](O)[C@H](O[C@@H]7OC[C@H](O)[C@H](O)[C@H]7O[C@@H]7OC[C@@H](O)[C@H](O)[C@H]7O)[C@H]6O[C@@H]6O[C@H](CO)[C@H](O)[C@H](O)[C@H]6O)C(C)(C)[C@@H]5CC[C@@]4(C)[C@]3(C)[C@@H](O)[C@@H](O)[C@@]12CO. The van der Waals surface area contributed by atoms with Gasteiger partial charge in [-0.1, -0.05) is 66.2 Å². The first-order valence-corrected chi connectivity index (χ1v) is 28.9. The van der Waals surface area contributed by atoms with Crippen LogP contribution in [0.5, 0.6) is 0 Å². The molecule has 14 N–H and O–H groups in total. The van der Waals surface area contributed by atoms with Crippen LogP contribution in [0.2, 0.25) is 0 Å². The van der Waals surface area contributed by atoms with Gasteiger partial charge in [-0.2, -0.15) is 0 Å². The van der Waals surface area contributed by atoms with E-state index in [1.165, 1.54) is 0 Å². The van der Waals surface area contributed by atoms with Crippen LogP contribution in [0.25, 0.3) is 0 Å². The smallest absolute Gasteiger partial charge is 0.335 e. The molecule has 0 amide bonds. The number of carboxylic acid groups (broad SMARTS) is 1. The normalized spacial score (nSPS) is 52.0. The van der Waals surface area contributed by atoms with Crippen LogP contribution in [0.15, 0.2) is 23.3 Å². The molecule has 8 fully saturated rings. The molecule has 468 valence electrons. The van der Waals surface area contributed by atoms with Gasteiger partial charge in [-0.3, -0.25) is 0 Å². The lowest BCUT2D eigenvalue weighted by molar-refractivity contribution is -0.399. The van der Waals surface area contributed by atoms with E-state index < -0.39 is 206 Å². The van der Waals surface area contributed by atoms with Gasteiger partial charge in [0.05, 0.1) is 50.2 Å². The molecule has 0 aromatic rings. The van der Waals surface area contributed by atoms with Gasteiger partial charge >= 0.3 is 11.9 Å². The van der Waals surface area contributed by atoms with E-state index in [1.54, 1.807) is 19.9 Å². The highest BCUT2D eigenvalue weighted by atomic mass is 16.8. The number of carbonyl (C=O) groups excluding carboxylic acids is 1. The number of ether oxygens (including phenoxy) is 9. The number of aliphatic hydroxyl groups is 13. The van der Waals surface area contributed by atoms with Crippen molar-refractivity contribution < 1.29 is 124 Å². The Hall–Kier alpha value is -2.42. The van der Waals surface area contributed by atoms with Crippen LogP contribution in [-0.2, 0) is 52.2 Å². The van der Waals surface area contributed by atoms with Crippen LogP contribution in [-0.4, -0.2) is 245 Å². The third kappa shape index (κ3) is 10.3. The highest BCUT2D eigenvalue weighted by molar-refractivity contribution is 5.87. The van der Waals surface area contributed by atoms with E-state index in [9.17, 15) is 81.1 Å². The summed E-state index contributed by atoms with van der Waals surface area (Å²) >= 11 is 0. The standard InChI is InChI=1S/C57H90O25/c1-10-23(2)47(73)77-32-18-52(3,4)17-25-24-11-12-30-54(7)15-14-31(53(5,6)29(54)13-16-55(30,8)56(24,9)44(69)45(70)57(25,32)22-59)78-51-43(82-49-38(67)36(65)35(64)28(19-58)76-49)40(39(68)41(80-51)46(71)72)79-50-42(34(63)27(61)21-75-50)81-48-37(66)33(62)26(60)20-74-48/h10-11,25-45,48-51,58-70H,12-22H2,1-9H3,(H,71,72)/b23-10-/t25-,26+,27-,28+,29-,30+,31-,32-,33-,34-,35-,36-,37+,38+,39-,40-,41-,42+,43+,44-,45+,48-,49-,50-,51+,54-,55+,56-,57+/m0/s1. The molecule has 4 saturated heterocycles. The second kappa shape index (κ2) is 23.3. The number of carboxylic acids is 1. The van der Waals surface area contributed by atoms with E-state index in [1.807, 2.05) is 20.8 Å². The number of hydrogen-bond donors (Lipinski definition) is 14. The van der Waals surface area contributed by atoms with Crippen molar-refractivity contribution in [3.63, 3.8) is 0 Å². The molecule has 4 heterocycles. The summed E-state index contributed by atoms with van der Waals surface area (Å²) in [6, 6.07) is 0. The van der Waals surface area contributed by atoms with Gasteiger partial charge in [-0.15, -0.1) is 0 Å². The molecule has 25 heteroatoms. The average Bonchev–Trinajstić information content (AvgIpc) is 2.04. The minimum Gasteiger partial charge on any atom is -0.479 e. The fourth-order valence-corrected chi connectivity index (χ4v) is 16.8. The Labute approximate surface area is 476 Å². The first-order valence-electron chi connectivity index (χ1n) is 28.9. The zero-order valence-corrected chi connectivity index (χ0v) is 48.1. The summed E-state index contributed by atoms with van der Waals surface area (Å²) in [6.07, 6.45) is -30.9.